The van der Waals surface area contributed by atoms with Gasteiger partial charge in [0, 0.05) is 17.3 Å². The molecule has 4 nitrogen and oxygen atoms in total. The Bertz CT molecular complexity index is 567. The second-order valence-corrected chi connectivity index (χ2v) is 5.53. The third kappa shape index (κ3) is 2.20. The number of hydrogen-bond donors (Lipinski definition) is 0. The van der Waals surface area contributed by atoms with E-state index in [-0.39, 0.29) is 17.1 Å². The van der Waals surface area contributed by atoms with Crippen LogP contribution in [-0.2, 0) is 10.3 Å². The predicted octanol–water partition coefficient (Wildman–Crippen LogP) is 2.54. The summed E-state index contributed by atoms with van der Waals surface area (Å²) in [5.74, 6) is -0.339. The second kappa shape index (κ2) is 4.83. The normalized spacial score (nSPS) is 16.8. The lowest BCUT2D eigenvalue weighted by molar-refractivity contribution is 0.0521. The predicted molar refractivity (Wildman–Crippen MR) is 73.6 cm³/mol. The Morgan fingerprint density at radius 3 is 2.53 bits per heavy atom. The van der Waals surface area contributed by atoms with Gasteiger partial charge in [-0.05, 0) is 52.5 Å². The third-order valence-electron chi connectivity index (χ3n) is 4.10. The van der Waals surface area contributed by atoms with E-state index >= 15 is 0 Å². The van der Waals surface area contributed by atoms with E-state index in [9.17, 15) is 9.59 Å². The van der Waals surface area contributed by atoms with Crippen molar-refractivity contribution < 1.29 is 9.53 Å². The maximum Gasteiger partial charge on any atom is 0.340 e. The van der Waals surface area contributed by atoms with Crippen molar-refractivity contribution in [3.63, 3.8) is 0 Å². The summed E-state index contributed by atoms with van der Waals surface area (Å²) in [7, 11) is 0. The summed E-state index contributed by atoms with van der Waals surface area (Å²) >= 11 is 0. The van der Waals surface area contributed by atoms with Gasteiger partial charge in [0.05, 0.1) is 12.2 Å². The van der Waals surface area contributed by atoms with Gasteiger partial charge in [0.2, 0.25) is 0 Å². The molecule has 1 heterocycles. The smallest absolute Gasteiger partial charge is 0.340 e. The number of esters is 1. The zero-order chi connectivity index (χ0) is 14.2. The molecule has 0 aromatic carbocycles. The molecule has 1 aromatic rings. The van der Waals surface area contributed by atoms with Crippen LogP contribution >= 0.6 is 0 Å². The van der Waals surface area contributed by atoms with Crippen LogP contribution in [0, 0.1) is 13.8 Å². The molecule has 0 saturated heterocycles. The minimum absolute atomic E-state index is 0.0229. The van der Waals surface area contributed by atoms with Crippen LogP contribution in [0.3, 0.4) is 0 Å². The Kier molecular flexibility index (Phi) is 3.52. The van der Waals surface area contributed by atoms with Crippen molar-refractivity contribution in [3.05, 3.63) is 33.2 Å². The lowest BCUT2D eigenvalue weighted by atomic mass is 9.77. The number of aryl methyl sites for hydroxylation is 1. The first kappa shape index (κ1) is 13.8. The lowest BCUT2D eigenvalue weighted by Gasteiger charge is -2.41. The van der Waals surface area contributed by atoms with Gasteiger partial charge in [0.25, 0.3) is 5.56 Å². The van der Waals surface area contributed by atoms with E-state index in [4.69, 9.17) is 4.74 Å². The number of nitrogens with zero attached hydrogens (tertiary/aromatic N) is 1. The van der Waals surface area contributed by atoms with Crippen LogP contribution in [0.5, 0.6) is 0 Å². The van der Waals surface area contributed by atoms with Crippen molar-refractivity contribution in [1.82, 2.24) is 4.57 Å². The first-order valence-electron chi connectivity index (χ1n) is 6.81. The van der Waals surface area contributed by atoms with Crippen LogP contribution < -0.4 is 5.56 Å². The standard InChI is InChI=1S/C15H21NO3/c1-5-19-14(18)13-10(2)9-12(17)16(11(13)3)15(4)7-6-8-15/h9H,5-8H2,1-4H3. The third-order valence-corrected chi connectivity index (χ3v) is 4.10. The van der Waals surface area contributed by atoms with Crippen molar-refractivity contribution in [3.8, 4) is 0 Å². The highest BCUT2D eigenvalue weighted by Crippen LogP contribution is 2.38. The summed E-state index contributed by atoms with van der Waals surface area (Å²) < 4.78 is 6.87. The molecule has 1 aliphatic carbocycles. The van der Waals surface area contributed by atoms with Crippen LogP contribution in [-0.4, -0.2) is 17.1 Å². The van der Waals surface area contributed by atoms with E-state index in [2.05, 4.69) is 6.92 Å². The lowest BCUT2D eigenvalue weighted by Crippen LogP contribution is -2.45. The summed E-state index contributed by atoms with van der Waals surface area (Å²) in [6.45, 7) is 7.83. The molecule has 104 valence electrons. The van der Waals surface area contributed by atoms with E-state index < -0.39 is 0 Å². The van der Waals surface area contributed by atoms with Crippen LogP contribution in [0.2, 0.25) is 0 Å². The summed E-state index contributed by atoms with van der Waals surface area (Å²) in [5.41, 5.74) is 1.79. The first-order valence-corrected chi connectivity index (χ1v) is 6.81. The molecule has 2 rings (SSSR count). The van der Waals surface area contributed by atoms with Crippen LogP contribution in [0.15, 0.2) is 10.9 Å². The molecule has 0 spiro atoms. The topological polar surface area (TPSA) is 48.3 Å². The molecule has 1 aromatic heterocycles. The van der Waals surface area contributed by atoms with E-state index in [0.29, 0.717) is 17.7 Å². The highest BCUT2D eigenvalue weighted by molar-refractivity contribution is 5.92. The summed E-state index contributed by atoms with van der Waals surface area (Å²) in [4.78, 5) is 24.3. The van der Waals surface area contributed by atoms with Gasteiger partial charge in [-0.3, -0.25) is 4.79 Å². The number of rotatable bonds is 3. The molecular weight excluding hydrogens is 242 g/mol. The summed E-state index contributed by atoms with van der Waals surface area (Å²) in [5, 5.41) is 0. The van der Waals surface area contributed by atoms with E-state index in [0.717, 1.165) is 25.0 Å². The van der Waals surface area contributed by atoms with Crippen molar-refractivity contribution in [1.29, 1.82) is 0 Å². The monoisotopic (exact) mass is 263 g/mol. The maximum atomic E-state index is 12.2. The quantitative estimate of drug-likeness (QED) is 0.787. The van der Waals surface area contributed by atoms with Gasteiger partial charge < -0.3 is 9.30 Å². The molecule has 1 fully saturated rings. The second-order valence-electron chi connectivity index (χ2n) is 5.53. The molecule has 0 amide bonds. The molecule has 0 atom stereocenters. The fraction of sp³-hybridized carbons (Fsp3) is 0.600. The molecule has 0 bridgehead atoms. The van der Waals surface area contributed by atoms with Gasteiger partial charge >= 0.3 is 5.97 Å². The number of aromatic nitrogens is 1. The van der Waals surface area contributed by atoms with Crippen molar-refractivity contribution in [2.45, 2.75) is 52.5 Å². The molecule has 19 heavy (non-hydrogen) atoms. The van der Waals surface area contributed by atoms with Crippen molar-refractivity contribution >= 4 is 5.97 Å². The molecular formula is C15H21NO3. The highest BCUT2D eigenvalue weighted by atomic mass is 16.5. The van der Waals surface area contributed by atoms with Crippen LogP contribution in [0.1, 0.15) is 54.7 Å². The van der Waals surface area contributed by atoms with Gasteiger partial charge in [-0.15, -0.1) is 0 Å². The van der Waals surface area contributed by atoms with Gasteiger partial charge in [-0.1, -0.05) is 0 Å². The van der Waals surface area contributed by atoms with Crippen molar-refractivity contribution in [2.24, 2.45) is 0 Å². The largest absolute Gasteiger partial charge is 0.462 e. The maximum absolute atomic E-state index is 12.2. The van der Waals surface area contributed by atoms with Gasteiger partial charge in [0.1, 0.15) is 0 Å². The summed E-state index contributed by atoms with van der Waals surface area (Å²) in [6.07, 6.45) is 3.10. The first-order chi connectivity index (χ1) is 8.90. The number of pyridine rings is 1. The highest BCUT2D eigenvalue weighted by Gasteiger charge is 2.36. The summed E-state index contributed by atoms with van der Waals surface area (Å²) in [6, 6.07) is 1.54. The SMILES string of the molecule is CCOC(=O)c1c(C)cc(=O)n(C2(C)CCC2)c1C. The van der Waals surface area contributed by atoms with Gasteiger partial charge in [-0.2, -0.15) is 0 Å². The van der Waals surface area contributed by atoms with Crippen LogP contribution in [0.4, 0.5) is 0 Å². The molecule has 0 aliphatic heterocycles. The molecule has 1 saturated carbocycles. The molecule has 0 unspecified atom stereocenters. The Balaban J connectivity index is 2.60. The molecule has 1 aliphatic rings. The average Bonchev–Trinajstić information content (AvgIpc) is 2.26. The number of carbonyl (C=O) groups excluding carboxylic acids is 1. The fourth-order valence-corrected chi connectivity index (χ4v) is 2.98. The number of hydrogen-bond acceptors (Lipinski definition) is 3. The Morgan fingerprint density at radius 1 is 1.42 bits per heavy atom. The Hall–Kier alpha value is -1.58. The van der Waals surface area contributed by atoms with E-state index in [1.165, 1.54) is 0 Å². The number of carbonyl (C=O) groups is 1. The van der Waals surface area contributed by atoms with Crippen molar-refractivity contribution in [2.75, 3.05) is 6.61 Å². The minimum atomic E-state index is -0.339. The molecule has 0 N–H and O–H groups in total. The van der Waals surface area contributed by atoms with E-state index in [1.807, 2.05) is 6.92 Å². The molecule has 0 radical (unpaired) electrons. The average molecular weight is 263 g/mol. The zero-order valence-corrected chi connectivity index (χ0v) is 12.1. The Labute approximate surface area is 113 Å². The zero-order valence-electron chi connectivity index (χ0n) is 12.1. The van der Waals surface area contributed by atoms with Gasteiger partial charge in [-0.25, -0.2) is 4.79 Å². The van der Waals surface area contributed by atoms with Gasteiger partial charge in [0.15, 0.2) is 0 Å². The molecule has 4 heteroatoms. The van der Waals surface area contributed by atoms with E-state index in [1.54, 1.807) is 24.5 Å². The number of ether oxygens (including phenoxy) is 1. The van der Waals surface area contributed by atoms with Crippen LogP contribution in [0.25, 0.3) is 0 Å². The Morgan fingerprint density at radius 2 is 2.05 bits per heavy atom. The fourth-order valence-electron chi connectivity index (χ4n) is 2.98. The minimum Gasteiger partial charge on any atom is -0.462 e.